The number of nitrogens with zero attached hydrogens (tertiary/aromatic N) is 1. The van der Waals surface area contributed by atoms with Crippen LogP contribution in [0.25, 0.3) is 6.08 Å². The molecule has 0 aliphatic heterocycles. The number of nitrogens with one attached hydrogen (secondary N) is 1. The molecule has 3 aromatic rings. The summed E-state index contributed by atoms with van der Waals surface area (Å²) in [5.41, 5.74) is -0.0296. The van der Waals surface area contributed by atoms with Gasteiger partial charge in [0.05, 0.1) is 27.6 Å². The summed E-state index contributed by atoms with van der Waals surface area (Å²) in [5, 5.41) is 5.06. The van der Waals surface area contributed by atoms with Crippen LogP contribution in [0.4, 0.5) is 18.9 Å². The molecule has 3 rings (SSSR count). The van der Waals surface area contributed by atoms with Crippen molar-refractivity contribution in [1.29, 1.82) is 0 Å². The molecular formula is C22H19F3N2O3S3. The van der Waals surface area contributed by atoms with E-state index in [4.69, 9.17) is 0 Å². The van der Waals surface area contributed by atoms with Crippen molar-refractivity contribution in [2.75, 3.05) is 22.6 Å². The molecule has 0 aliphatic carbocycles. The molecule has 1 N–H and O–H groups in total. The van der Waals surface area contributed by atoms with Crippen molar-refractivity contribution in [1.82, 2.24) is 4.98 Å². The Morgan fingerprint density at radius 1 is 1.15 bits per heavy atom. The van der Waals surface area contributed by atoms with E-state index in [1.54, 1.807) is 35.8 Å². The molecule has 0 atom stereocenters. The maximum absolute atomic E-state index is 12.8. The Labute approximate surface area is 197 Å². The van der Waals surface area contributed by atoms with Crippen LogP contribution in [0.2, 0.25) is 0 Å². The van der Waals surface area contributed by atoms with Crippen molar-refractivity contribution < 1.29 is 26.4 Å². The first-order valence-electron chi connectivity index (χ1n) is 9.61. The van der Waals surface area contributed by atoms with Gasteiger partial charge in [0, 0.05) is 11.9 Å². The van der Waals surface area contributed by atoms with Gasteiger partial charge in [0.25, 0.3) is 5.91 Å². The number of hydrogen-bond acceptors (Lipinski definition) is 6. The Balaban J connectivity index is 1.54. The van der Waals surface area contributed by atoms with Crippen LogP contribution >= 0.6 is 23.1 Å². The molecule has 0 saturated heterocycles. The highest BCUT2D eigenvalue weighted by Crippen LogP contribution is 2.30. The first-order chi connectivity index (χ1) is 15.6. The largest absolute Gasteiger partial charge is 0.416 e. The average Bonchev–Trinajstić information content (AvgIpc) is 3.29. The van der Waals surface area contributed by atoms with Gasteiger partial charge in [-0.25, -0.2) is 13.4 Å². The topological polar surface area (TPSA) is 76.1 Å². The number of hydrogen-bond donors (Lipinski definition) is 1. The number of alkyl halides is 3. The Bertz CT molecular complexity index is 1220. The number of anilines is 1. The smallest absolute Gasteiger partial charge is 0.319 e. The SMILES string of the molecule is O=C(Nc1cccnc1SCCS(=O)(=O)CC=Cc1cccc(C(F)(F)F)c1)c1cccs1. The number of thioether (sulfide) groups is 1. The number of thiophene rings is 1. The van der Waals surface area contributed by atoms with Crippen LogP contribution in [0.3, 0.4) is 0 Å². The number of benzene rings is 1. The first kappa shape index (κ1) is 25.0. The molecule has 0 bridgehead atoms. The summed E-state index contributed by atoms with van der Waals surface area (Å²) >= 11 is 2.50. The molecule has 0 aliphatic rings. The predicted molar refractivity (Wildman–Crippen MR) is 126 cm³/mol. The summed E-state index contributed by atoms with van der Waals surface area (Å²) in [6.07, 6.45) is -0.212. The highest BCUT2D eigenvalue weighted by Gasteiger charge is 2.30. The summed E-state index contributed by atoms with van der Waals surface area (Å²) in [7, 11) is -3.48. The van der Waals surface area contributed by atoms with E-state index in [1.807, 2.05) is 0 Å². The number of halogens is 3. The average molecular weight is 513 g/mol. The molecule has 2 aromatic heterocycles. The van der Waals surface area contributed by atoms with E-state index in [9.17, 15) is 26.4 Å². The van der Waals surface area contributed by atoms with Gasteiger partial charge in [0.2, 0.25) is 0 Å². The van der Waals surface area contributed by atoms with Gasteiger partial charge >= 0.3 is 6.18 Å². The van der Waals surface area contributed by atoms with Gasteiger partial charge in [-0.3, -0.25) is 4.79 Å². The zero-order valence-electron chi connectivity index (χ0n) is 17.1. The fourth-order valence-corrected chi connectivity index (χ4v) is 5.82. The van der Waals surface area contributed by atoms with Gasteiger partial charge in [-0.2, -0.15) is 13.2 Å². The van der Waals surface area contributed by atoms with Crippen LogP contribution in [0, 0.1) is 0 Å². The normalized spacial score (nSPS) is 12.2. The molecule has 1 amide bonds. The molecule has 33 heavy (non-hydrogen) atoms. The van der Waals surface area contributed by atoms with Crippen molar-refractivity contribution in [3.05, 3.63) is 82.2 Å². The Morgan fingerprint density at radius 3 is 2.70 bits per heavy atom. The van der Waals surface area contributed by atoms with Gasteiger partial charge < -0.3 is 5.32 Å². The van der Waals surface area contributed by atoms with E-state index in [1.165, 1.54) is 47.4 Å². The highest BCUT2D eigenvalue weighted by atomic mass is 32.2. The number of pyridine rings is 1. The van der Waals surface area contributed by atoms with Gasteiger partial charge in [-0.15, -0.1) is 23.1 Å². The summed E-state index contributed by atoms with van der Waals surface area (Å²) in [6, 6.07) is 11.5. The molecule has 2 heterocycles. The second-order valence-electron chi connectivity index (χ2n) is 6.78. The number of amides is 1. The van der Waals surface area contributed by atoms with Crippen molar-refractivity contribution in [3.8, 4) is 0 Å². The zero-order chi connectivity index (χ0) is 23.9. The van der Waals surface area contributed by atoms with Crippen LogP contribution in [0.5, 0.6) is 0 Å². The highest BCUT2D eigenvalue weighted by molar-refractivity contribution is 8.00. The van der Waals surface area contributed by atoms with E-state index in [0.29, 0.717) is 15.6 Å². The molecule has 1 aromatic carbocycles. The van der Waals surface area contributed by atoms with Gasteiger partial charge in [-0.1, -0.05) is 30.4 Å². The summed E-state index contributed by atoms with van der Waals surface area (Å²) in [6.45, 7) is 0. The second-order valence-corrected chi connectivity index (χ2v) is 11.0. The van der Waals surface area contributed by atoms with Crippen LogP contribution < -0.4 is 5.32 Å². The maximum Gasteiger partial charge on any atom is 0.416 e. The molecule has 5 nitrogen and oxygen atoms in total. The van der Waals surface area contributed by atoms with Crippen molar-refractivity contribution in [2.24, 2.45) is 0 Å². The minimum atomic E-state index is -4.46. The lowest BCUT2D eigenvalue weighted by Crippen LogP contribution is -2.13. The quantitative estimate of drug-likeness (QED) is 0.376. The van der Waals surface area contributed by atoms with Crippen molar-refractivity contribution in [3.63, 3.8) is 0 Å². The fourth-order valence-electron chi connectivity index (χ4n) is 2.69. The van der Waals surface area contributed by atoms with Crippen LogP contribution in [0.1, 0.15) is 20.8 Å². The number of sulfone groups is 1. The lowest BCUT2D eigenvalue weighted by atomic mass is 10.1. The lowest BCUT2D eigenvalue weighted by Gasteiger charge is -2.09. The summed E-state index contributed by atoms with van der Waals surface area (Å²) in [4.78, 5) is 17.0. The van der Waals surface area contributed by atoms with Gasteiger partial charge in [0.1, 0.15) is 5.03 Å². The van der Waals surface area contributed by atoms with E-state index < -0.39 is 21.6 Å². The number of carbonyl (C=O) groups excluding carboxylic acids is 1. The molecular weight excluding hydrogens is 493 g/mol. The zero-order valence-corrected chi connectivity index (χ0v) is 19.5. The third-order valence-electron chi connectivity index (χ3n) is 4.27. The molecule has 174 valence electrons. The molecule has 0 spiro atoms. The lowest BCUT2D eigenvalue weighted by molar-refractivity contribution is -0.137. The van der Waals surface area contributed by atoms with Gasteiger partial charge in [0.15, 0.2) is 9.84 Å². The Kier molecular flexibility index (Phi) is 8.33. The van der Waals surface area contributed by atoms with E-state index in [0.717, 1.165) is 12.1 Å². The number of carbonyl (C=O) groups is 1. The van der Waals surface area contributed by atoms with Crippen molar-refractivity contribution in [2.45, 2.75) is 11.2 Å². The molecule has 11 heteroatoms. The van der Waals surface area contributed by atoms with Gasteiger partial charge in [-0.05, 0) is 41.3 Å². The Hall–Kier alpha value is -2.63. The van der Waals surface area contributed by atoms with E-state index in [2.05, 4.69) is 10.3 Å². The third kappa shape index (κ3) is 7.72. The number of rotatable bonds is 9. The van der Waals surface area contributed by atoms with Crippen LogP contribution in [0.15, 0.2) is 71.2 Å². The van der Waals surface area contributed by atoms with Crippen LogP contribution in [-0.4, -0.2) is 36.6 Å². The van der Waals surface area contributed by atoms with Crippen molar-refractivity contribution >= 4 is 50.6 Å². The summed E-state index contributed by atoms with van der Waals surface area (Å²) < 4.78 is 63.0. The predicted octanol–water partition coefficient (Wildman–Crippen LogP) is 5.63. The minimum Gasteiger partial charge on any atom is -0.319 e. The monoisotopic (exact) mass is 512 g/mol. The standard InChI is InChI=1S/C22H19F3N2O3S3/c23-22(24,25)17-7-1-5-16(15-17)6-4-13-33(29,30)14-12-32-21-18(8-2-10-26-21)27-20(28)19-9-3-11-31-19/h1-11,15H,12-14H2,(H,27,28). The van der Waals surface area contributed by atoms with Crippen LogP contribution in [-0.2, 0) is 16.0 Å². The molecule has 0 saturated carbocycles. The molecule has 0 unspecified atom stereocenters. The minimum absolute atomic E-state index is 0.153. The number of aromatic nitrogens is 1. The Morgan fingerprint density at radius 2 is 1.97 bits per heavy atom. The van der Waals surface area contributed by atoms with E-state index in [-0.39, 0.29) is 28.7 Å². The molecule has 0 fully saturated rings. The first-order valence-corrected chi connectivity index (χ1v) is 13.3. The maximum atomic E-state index is 12.8. The second kappa shape index (κ2) is 11.0. The van der Waals surface area contributed by atoms with E-state index >= 15 is 0 Å². The third-order valence-corrected chi connectivity index (χ3v) is 7.93. The summed E-state index contributed by atoms with van der Waals surface area (Å²) in [5.74, 6) is -0.515. The fraction of sp³-hybridized carbons (Fsp3) is 0.182. The molecule has 0 radical (unpaired) electrons.